The predicted octanol–water partition coefficient (Wildman–Crippen LogP) is 4.29. The molecule has 0 spiro atoms. The molecule has 0 atom stereocenters. The van der Waals surface area contributed by atoms with Crippen LogP contribution >= 0.6 is 0 Å². The van der Waals surface area contributed by atoms with Gasteiger partial charge in [0, 0.05) is 23.5 Å². The Bertz CT molecular complexity index is 1010. The van der Waals surface area contributed by atoms with Gasteiger partial charge in [0.05, 0.1) is 4.90 Å². The second-order valence-electron chi connectivity index (χ2n) is 6.56. The normalized spacial score (nSPS) is 16.5. The van der Waals surface area contributed by atoms with Crippen LogP contribution in [0.1, 0.15) is 30.5 Å². The maximum atomic E-state index is 12.9. The molecular weight excluding hydrogens is 367 g/mol. The molecule has 0 saturated heterocycles. The van der Waals surface area contributed by atoms with Gasteiger partial charge in [0.2, 0.25) is 0 Å². The molecule has 0 saturated carbocycles. The van der Waals surface area contributed by atoms with E-state index in [0.29, 0.717) is 16.9 Å². The lowest BCUT2D eigenvalue weighted by atomic mass is 9.89. The van der Waals surface area contributed by atoms with Crippen LogP contribution in [0.25, 0.3) is 5.57 Å². The molecule has 0 bridgehead atoms. The van der Waals surface area contributed by atoms with Crippen LogP contribution in [0.15, 0.2) is 47.6 Å². The summed E-state index contributed by atoms with van der Waals surface area (Å²) >= 11 is 0. The largest absolute Gasteiger partial charge is 0.501 e. The molecule has 0 fully saturated rings. The number of hydrogen-bond acceptors (Lipinski definition) is 4. The molecule has 1 aliphatic heterocycles. The fourth-order valence-corrected chi connectivity index (χ4v) is 3.60. The number of alkyl halides is 3. The Kier molecular flexibility index (Phi) is 4.14. The Morgan fingerprint density at radius 3 is 2.42 bits per heavy atom. The second kappa shape index (κ2) is 5.84. The molecule has 1 aromatic carbocycles. The molecule has 0 unspecified atom stereocenters. The molecule has 3 rings (SSSR count). The minimum absolute atomic E-state index is 0.283. The first-order valence-electron chi connectivity index (χ1n) is 7.71. The molecule has 2 aromatic rings. The highest BCUT2D eigenvalue weighted by molar-refractivity contribution is 7.92. The third-order valence-corrected chi connectivity index (χ3v) is 5.53. The number of hydrogen-bond donors (Lipinski definition) is 0. The highest BCUT2D eigenvalue weighted by atomic mass is 32.2. The van der Waals surface area contributed by atoms with Gasteiger partial charge in [-0.05, 0) is 62.2 Å². The number of benzene rings is 1. The molecule has 26 heavy (non-hydrogen) atoms. The Morgan fingerprint density at radius 1 is 1.12 bits per heavy atom. The first-order chi connectivity index (χ1) is 11.9. The summed E-state index contributed by atoms with van der Waals surface area (Å²) in [5.74, 6) is 0.317. The number of rotatable bonds is 2. The zero-order chi connectivity index (χ0) is 19.3. The Labute approximate surface area is 149 Å². The standard InChI is InChI=1S/C18H16F3NO3S/c1-11-6-7-22-10-15(11)14-9-17(2,3)25-16-5-4-12(8-13(14)16)26(23,24)18(19,20)21/h4-10H,1-3H3. The molecule has 0 amide bonds. The van der Waals surface area contributed by atoms with Crippen molar-refractivity contribution in [1.29, 1.82) is 0 Å². The van der Waals surface area contributed by atoms with Gasteiger partial charge in [-0.1, -0.05) is 0 Å². The van der Waals surface area contributed by atoms with Crippen molar-refractivity contribution in [1.82, 2.24) is 4.98 Å². The van der Waals surface area contributed by atoms with E-state index in [1.165, 1.54) is 6.07 Å². The van der Waals surface area contributed by atoms with Crippen molar-refractivity contribution < 1.29 is 26.3 Å². The zero-order valence-electron chi connectivity index (χ0n) is 14.3. The van der Waals surface area contributed by atoms with E-state index in [4.69, 9.17) is 4.74 Å². The van der Waals surface area contributed by atoms with E-state index < -0.39 is 25.8 Å². The van der Waals surface area contributed by atoms with E-state index in [9.17, 15) is 21.6 Å². The van der Waals surface area contributed by atoms with E-state index in [0.717, 1.165) is 17.7 Å². The summed E-state index contributed by atoms with van der Waals surface area (Å²) in [5.41, 5.74) is -3.66. The molecular formula is C18H16F3NO3S. The fraction of sp³-hybridized carbons (Fsp3) is 0.278. The fourth-order valence-electron chi connectivity index (χ4n) is 2.82. The summed E-state index contributed by atoms with van der Waals surface area (Å²) in [4.78, 5) is 3.25. The Balaban J connectivity index is 2.25. The second-order valence-corrected chi connectivity index (χ2v) is 8.50. The highest BCUT2D eigenvalue weighted by Gasteiger charge is 2.47. The van der Waals surface area contributed by atoms with Crippen molar-refractivity contribution in [3.63, 3.8) is 0 Å². The third-order valence-electron chi connectivity index (χ3n) is 4.05. The van der Waals surface area contributed by atoms with Gasteiger partial charge in [-0.2, -0.15) is 13.2 Å². The average Bonchev–Trinajstić information content (AvgIpc) is 2.52. The lowest BCUT2D eigenvalue weighted by Gasteiger charge is -2.32. The number of ether oxygens (including phenoxy) is 1. The molecule has 1 aromatic heterocycles. The average molecular weight is 383 g/mol. The highest BCUT2D eigenvalue weighted by Crippen LogP contribution is 2.42. The number of sulfone groups is 1. The minimum atomic E-state index is -5.45. The Morgan fingerprint density at radius 2 is 1.81 bits per heavy atom. The summed E-state index contributed by atoms with van der Waals surface area (Å²) in [6.07, 6.45) is 4.95. The molecule has 0 N–H and O–H groups in total. The lowest BCUT2D eigenvalue weighted by Crippen LogP contribution is -2.30. The number of nitrogens with zero attached hydrogens (tertiary/aromatic N) is 1. The van der Waals surface area contributed by atoms with Gasteiger partial charge in [-0.15, -0.1) is 0 Å². The molecule has 8 heteroatoms. The van der Waals surface area contributed by atoms with Crippen LogP contribution in [0.4, 0.5) is 13.2 Å². The van der Waals surface area contributed by atoms with Gasteiger partial charge >= 0.3 is 5.51 Å². The van der Waals surface area contributed by atoms with Crippen molar-refractivity contribution in [3.8, 4) is 5.75 Å². The van der Waals surface area contributed by atoms with Gasteiger partial charge in [-0.3, -0.25) is 4.98 Å². The number of aryl methyl sites for hydroxylation is 1. The Hall–Kier alpha value is -2.35. The smallest absolute Gasteiger partial charge is 0.483 e. The van der Waals surface area contributed by atoms with E-state index in [2.05, 4.69) is 4.98 Å². The summed E-state index contributed by atoms with van der Waals surface area (Å²) in [6, 6.07) is 4.95. The summed E-state index contributed by atoms with van der Waals surface area (Å²) in [7, 11) is -5.45. The van der Waals surface area contributed by atoms with Crippen LogP contribution in [0.5, 0.6) is 5.75 Å². The van der Waals surface area contributed by atoms with Crippen LogP contribution < -0.4 is 4.74 Å². The first kappa shape index (κ1) is 18.4. The van der Waals surface area contributed by atoms with Crippen molar-refractivity contribution in [2.75, 3.05) is 0 Å². The predicted molar refractivity (Wildman–Crippen MR) is 90.4 cm³/mol. The number of halogens is 3. The molecule has 0 radical (unpaired) electrons. The molecule has 2 heterocycles. The number of aromatic nitrogens is 1. The topological polar surface area (TPSA) is 56.3 Å². The SMILES string of the molecule is Cc1ccncc1C1=CC(C)(C)Oc2ccc(S(=O)(=O)C(F)(F)F)cc21. The van der Waals surface area contributed by atoms with Crippen molar-refractivity contribution in [3.05, 3.63) is 59.4 Å². The first-order valence-corrected chi connectivity index (χ1v) is 9.19. The van der Waals surface area contributed by atoms with Crippen LogP contribution in [-0.4, -0.2) is 24.5 Å². The third kappa shape index (κ3) is 3.09. The zero-order valence-corrected chi connectivity index (χ0v) is 15.1. The van der Waals surface area contributed by atoms with E-state index in [1.807, 2.05) is 20.8 Å². The van der Waals surface area contributed by atoms with Gasteiger partial charge in [0.1, 0.15) is 11.4 Å². The van der Waals surface area contributed by atoms with Crippen molar-refractivity contribution >= 4 is 15.4 Å². The number of fused-ring (bicyclic) bond motifs is 1. The van der Waals surface area contributed by atoms with Gasteiger partial charge in [0.15, 0.2) is 0 Å². The molecule has 0 aliphatic carbocycles. The van der Waals surface area contributed by atoms with Crippen molar-refractivity contribution in [2.45, 2.75) is 36.8 Å². The maximum Gasteiger partial charge on any atom is 0.501 e. The summed E-state index contributed by atoms with van der Waals surface area (Å²) in [6.45, 7) is 5.46. The molecule has 138 valence electrons. The maximum absolute atomic E-state index is 12.9. The van der Waals surface area contributed by atoms with Crippen LogP contribution in [0.2, 0.25) is 0 Å². The monoisotopic (exact) mass is 383 g/mol. The quantitative estimate of drug-likeness (QED) is 0.777. The van der Waals surface area contributed by atoms with Crippen LogP contribution in [0.3, 0.4) is 0 Å². The molecule has 1 aliphatic rings. The summed E-state index contributed by atoms with van der Waals surface area (Å²) in [5, 5.41) is 0. The van der Waals surface area contributed by atoms with Gasteiger partial charge < -0.3 is 4.74 Å². The lowest BCUT2D eigenvalue weighted by molar-refractivity contribution is -0.0436. The van der Waals surface area contributed by atoms with E-state index in [-0.39, 0.29) is 5.56 Å². The van der Waals surface area contributed by atoms with E-state index >= 15 is 0 Å². The van der Waals surface area contributed by atoms with Crippen LogP contribution in [-0.2, 0) is 9.84 Å². The van der Waals surface area contributed by atoms with Crippen molar-refractivity contribution in [2.24, 2.45) is 0 Å². The van der Waals surface area contributed by atoms with Gasteiger partial charge in [-0.25, -0.2) is 8.42 Å². The number of pyridine rings is 1. The summed E-state index contributed by atoms with van der Waals surface area (Å²) < 4.78 is 68.1. The molecule has 4 nitrogen and oxygen atoms in total. The minimum Gasteiger partial charge on any atom is -0.483 e. The van der Waals surface area contributed by atoms with Gasteiger partial charge in [0.25, 0.3) is 9.84 Å². The van der Waals surface area contributed by atoms with Crippen LogP contribution in [0, 0.1) is 6.92 Å². The van der Waals surface area contributed by atoms with E-state index in [1.54, 1.807) is 24.5 Å².